The number of hydrogen-bond acceptors (Lipinski definition) is 3. The molecule has 0 saturated carbocycles. The molecule has 80 valence electrons. The average Bonchev–Trinajstić information content (AvgIpc) is 2.17. The van der Waals surface area contributed by atoms with E-state index in [4.69, 9.17) is 5.11 Å². The van der Waals surface area contributed by atoms with Crippen LogP contribution in [0, 0.1) is 5.82 Å². The molecule has 4 nitrogen and oxygen atoms in total. The number of benzene rings is 1. The van der Waals surface area contributed by atoms with Gasteiger partial charge in [-0.25, -0.2) is 9.18 Å². The molecule has 5 heteroatoms. The van der Waals surface area contributed by atoms with Gasteiger partial charge in [0.15, 0.2) is 0 Å². The molecule has 0 bridgehead atoms. The number of nitrogens with one attached hydrogen (secondary N) is 1. The SMILES string of the molecule is CONC(=CC(=O)O)c1ccc(F)cc1. The molecule has 0 radical (unpaired) electrons. The third-order valence-electron chi connectivity index (χ3n) is 1.64. The minimum atomic E-state index is -1.11. The number of halogens is 1. The molecule has 0 fully saturated rings. The molecule has 0 saturated heterocycles. The van der Waals surface area contributed by atoms with Gasteiger partial charge in [-0.1, -0.05) is 0 Å². The van der Waals surface area contributed by atoms with Gasteiger partial charge >= 0.3 is 5.97 Å². The van der Waals surface area contributed by atoms with E-state index in [1.807, 2.05) is 0 Å². The van der Waals surface area contributed by atoms with Gasteiger partial charge in [0.1, 0.15) is 5.82 Å². The summed E-state index contributed by atoms with van der Waals surface area (Å²) in [4.78, 5) is 15.1. The van der Waals surface area contributed by atoms with Crippen LogP contribution in [0.2, 0.25) is 0 Å². The van der Waals surface area contributed by atoms with Crippen LogP contribution in [0.4, 0.5) is 4.39 Å². The summed E-state index contributed by atoms with van der Waals surface area (Å²) in [7, 11) is 1.36. The maximum absolute atomic E-state index is 12.6. The van der Waals surface area contributed by atoms with Crippen molar-refractivity contribution in [2.75, 3.05) is 7.11 Å². The predicted molar refractivity (Wildman–Crippen MR) is 52.2 cm³/mol. The Labute approximate surface area is 85.9 Å². The molecule has 0 atom stereocenters. The number of hydroxylamine groups is 1. The first kappa shape index (κ1) is 11.2. The van der Waals surface area contributed by atoms with E-state index in [9.17, 15) is 9.18 Å². The summed E-state index contributed by atoms with van der Waals surface area (Å²) in [6, 6.07) is 5.39. The van der Waals surface area contributed by atoms with E-state index >= 15 is 0 Å². The Morgan fingerprint density at radius 3 is 2.53 bits per heavy atom. The maximum atomic E-state index is 12.6. The highest BCUT2D eigenvalue weighted by Gasteiger charge is 2.03. The van der Waals surface area contributed by atoms with Gasteiger partial charge in [0.25, 0.3) is 0 Å². The summed E-state index contributed by atoms with van der Waals surface area (Å²) in [5.74, 6) is -1.50. The fourth-order valence-corrected chi connectivity index (χ4v) is 1.03. The van der Waals surface area contributed by atoms with Gasteiger partial charge in [0.05, 0.1) is 12.8 Å². The molecular weight excluding hydrogens is 201 g/mol. The molecule has 0 aliphatic heterocycles. The van der Waals surface area contributed by atoms with Gasteiger partial charge < -0.3 is 5.11 Å². The highest BCUT2D eigenvalue weighted by molar-refractivity contribution is 5.89. The maximum Gasteiger partial charge on any atom is 0.330 e. The Hall–Kier alpha value is -1.88. The van der Waals surface area contributed by atoms with E-state index in [-0.39, 0.29) is 11.5 Å². The normalized spacial score (nSPS) is 11.2. The number of carbonyl (C=O) groups is 1. The van der Waals surface area contributed by atoms with Crippen molar-refractivity contribution >= 4 is 11.7 Å². The molecule has 0 aliphatic rings. The number of hydrogen-bond donors (Lipinski definition) is 2. The van der Waals surface area contributed by atoms with Crippen LogP contribution < -0.4 is 5.48 Å². The largest absolute Gasteiger partial charge is 0.478 e. The second kappa shape index (κ2) is 5.11. The number of aliphatic carboxylic acids is 1. The van der Waals surface area contributed by atoms with E-state index in [0.717, 1.165) is 6.08 Å². The second-order valence-electron chi connectivity index (χ2n) is 2.71. The molecule has 2 N–H and O–H groups in total. The van der Waals surface area contributed by atoms with Crippen molar-refractivity contribution in [3.63, 3.8) is 0 Å². The summed E-state index contributed by atoms with van der Waals surface area (Å²) in [6.07, 6.45) is 0.941. The monoisotopic (exact) mass is 211 g/mol. The highest BCUT2D eigenvalue weighted by Crippen LogP contribution is 2.12. The van der Waals surface area contributed by atoms with Gasteiger partial charge in [0, 0.05) is 11.6 Å². The Bertz CT molecular complexity index is 373. The zero-order valence-electron chi connectivity index (χ0n) is 8.03. The third kappa shape index (κ3) is 3.40. The van der Waals surface area contributed by atoms with Crippen LogP contribution in [0.15, 0.2) is 30.3 Å². The van der Waals surface area contributed by atoms with Crippen molar-refractivity contribution in [1.29, 1.82) is 0 Å². The number of carboxylic acids is 1. The zero-order chi connectivity index (χ0) is 11.3. The van der Waals surface area contributed by atoms with Crippen molar-refractivity contribution in [2.24, 2.45) is 0 Å². The van der Waals surface area contributed by atoms with E-state index in [2.05, 4.69) is 10.3 Å². The molecule has 0 heterocycles. The first-order chi connectivity index (χ1) is 7.13. The quantitative estimate of drug-likeness (QED) is 0.583. The first-order valence-electron chi connectivity index (χ1n) is 4.13. The summed E-state index contributed by atoms with van der Waals surface area (Å²) >= 11 is 0. The molecule has 1 aromatic rings. The predicted octanol–water partition coefficient (Wildman–Crippen LogP) is 1.40. The smallest absolute Gasteiger partial charge is 0.330 e. The van der Waals surface area contributed by atoms with Gasteiger partial charge in [0.2, 0.25) is 0 Å². The van der Waals surface area contributed by atoms with Crippen LogP contribution >= 0.6 is 0 Å². The van der Waals surface area contributed by atoms with Gasteiger partial charge in [-0.15, -0.1) is 0 Å². The lowest BCUT2D eigenvalue weighted by Crippen LogP contribution is -2.11. The average molecular weight is 211 g/mol. The lowest BCUT2D eigenvalue weighted by atomic mass is 10.1. The fourth-order valence-electron chi connectivity index (χ4n) is 1.03. The highest BCUT2D eigenvalue weighted by atomic mass is 19.1. The topological polar surface area (TPSA) is 58.6 Å². The minimum absolute atomic E-state index is 0.255. The van der Waals surface area contributed by atoms with E-state index < -0.39 is 5.97 Å². The van der Waals surface area contributed by atoms with Gasteiger partial charge in [-0.3, -0.25) is 10.3 Å². The standard InChI is InChI=1S/C10H10FNO3/c1-15-12-9(6-10(13)14)7-2-4-8(11)5-3-7/h2-6,12H,1H3,(H,13,14). The third-order valence-corrected chi connectivity index (χ3v) is 1.64. The van der Waals surface area contributed by atoms with E-state index in [1.54, 1.807) is 0 Å². The molecule has 15 heavy (non-hydrogen) atoms. The zero-order valence-corrected chi connectivity index (χ0v) is 8.03. The fraction of sp³-hybridized carbons (Fsp3) is 0.100. The summed E-state index contributed by atoms with van der Waals surface area (Å²) in [5.41, 5.74) is 3.19. The lowest BCUT2D eigenvalue weighted by Gasteiger charge is -2.07. The molecule has 0 amide bonds. The van der Waals surface area contributed by atoms with E-state index in [1.165, 1.54) is 31.4 Å². The van der Waals surface area contributed by atoms with Gasteiger partial charge in [-0.05, 0) is 24.3 Å². The number of rotatable bonds is 4. The Balaban J connectivity index is 2.99. The van der Waals surface area contributed by atoms with E-state index in [0.29, 0.717) is 5.56 Å². The molecule has 1 aromatic carbocycles. The lowest BCUT2D eigenvalue weighted by molar-refractivity contribution is -0.131. The second-order valence-corrected chi connectivity index (χ2v) is 2.71. The summed E-state index contributed by atoms with van der Waals surface area (Å²) < 4.78 is 12.6. The van der Waals surface area contributed by atoms with Gasteiger partial charge in [-0.2, -0.15) is 0 Å². The molecule has 0 unspecified atom stereocenters. The van der Waals surface area contributed by atoms with Crippen molar-refractivity contribution < 1.29 is 19.1 Å². The van der Waals surface area contributed by atoms with Crippen LogP contribution in [-0.2, 0) is 9.63 Å². The first-order valence-corrected chi connectivity index (χ1v) is 4.13. The molecule has 0 aromatic heterocycles. The van der Waals surface area contributed by atoms with Crippen molar-refractivity contribution in [1.82, 2.24) is 5.48 Å². The van der Waals surface area contributed by atoms with Crippen molar-refractivity contribution in [2.45, 2.75) is 0 Å². The Kier molecular flexibility index (Phi) is 3.82. The van der Waals surface area contributed by atoms with Crippen LogP contribution in [-0.4, -0.2) is 18.2 Å². The number of carboxylic acid groups (broad SMARTS) is 1. The molecular formula is C10H10FNO3. The Morgan fingerprint density at radius 1 is 1.47 bits per heavy atom. The molecule has 0 spiro atoms. The van der Waals surface area contributed by atoms with Crippen LogP contribution in [0.5, 0.6) is 0 Å². The van der Waals surface area contributed by atoms with Crippen LogP contribution in [0.3, 0.4) is 0 Å². The molecule has 0 aliphatic carbocycles. The Morgan fingerprint density at radius 2 is 2.07 bits per heavy atom. The van der Waals surface area contributed by atoms with Crippen LogP contribution in [0.1, 0.15) is 5.56 Å². The van der Waals surface area contributed by atoms with Crippen LogP contribution in [0.25, 0.3) is 5.70 Å². The summed E-state index contributed by atoms with van der Waals surface area (Å²) in [6.45, 7) is 0. The summed E-state index contributed by atoms with van der Waals surface area (Å²) in [5, 5.41) is 8.58. The van der Waals surface area contributed by atoms with Crippen molar-refractivity contribution in [3.8, 4) is 0 Å². The minimum Gasteiger partial charge on any atom is -0.478 e. The molecule has 1 rings (SSSR count). The van der Waals surface area contributed by atoms with Crippen molar-refractivity contribution in [3.05, 3.63) is 41.7 Å².